The van der Waals surface area contributed by atoms with Crippen molar-refractivity contribution in [3.63, 3.8) is 0 Å². The first-order valence-corrected chi connectivity index (χ1v) is 5.20. The molecule has 0 fully saturated rings. The van der Waals surface area contributed by atoms with Crippen LogP contribution >= 0.6 is 0 Å². The van der Waals surface area contributed by atoms with Crippen LogP contribution in [0.3, 0.4) is 0 Å². The van der Waals surface area contributed by atoms with Crippen molar-refractivity contribution in [2.45, 2.75) is 12.5 Å². The molecular formula is C13H11F2NO. The number of rotatable bonds is 3. The second-order valence-corrected chi connectivity index (χ2v) is 3.68. The van der Waals surface area contributed by atoms with Crippen molar-refractivity contribution < 1.29 is 13.9 Å². The maximum absolute atomic E-state index is 13.3. The Bertz CT molecular complexity index is 516. The van der Waals surface area contributed by atoms with Crippen LogP contribution in [0.2, 0.25) is 0 Å². The summed E-state index contributed by atoms with van der Waals surface area (Å²) < 4.78 is 26.7. The van der Waals surface area contributed by atoms with Crippen molar-refractivity contribution in [3.05, 3.63) is 65.5 Å². The van der Waals surface area contributed by atoms with Crippen LogP contribution in [0, 0.1) is 11.6 Å². The minimum atomic E-state index is -1.15. The molecule has 4 heteroatoms. The van der Waals surface area contributed by atoms with Gasteiger partial charge in [0.15, 0.2) is 0 Å². The zero-order valence-electron chi connectivity index (χ0n) is 8.98. The monoisotopic (exact) mass is 235 g/mol. The summed E-state index contributed by atoms with van der Waals surface area (Å²) in [4.78, 5) is 3.76. The molecule has 2 nitrogen and oxygen atoms in total. The van der Waals surface area contributed by atoms with Gasteiger partial charge < -0.3 is 5.11 Å². The number of pyridine rings is 1. The van der Waals surface area contributed by atoms with Gasteiger partial charge in [-0.15, -0.1) is 0 Å². The fourth-order valence-corrected chi connectivity index (χ4v) is 1.61. The molecule has 17 heavy (non-hydrogen) atoms. The summed E-state index contributed by atoms with van der Waals surface area (Å²) in [5, 5.41) is 9.81. The largest absolute Gasteiger partial charge is 0.386 e. The lowest BCUT2D eigenvalue weighted by Crippen LogP contribution is -2.07. The molecule has 0 radical (unpaired) electrons. The average Bonchev–Trinajstić information content (AvgIpc) is 2.32. The summed E-state index contributed by atoms with van der Waals surface area (Å²) in [7, 11) is 0. The highest BCUT2D eigenvalue weighted by molar-refractivity contribution is 5.20. The summed E-state index contributed by atoms with van der Waals surface area (Å²) in [5.74, 6) is -1.00. The molecule has 1 unspecified atom stereocenters. The lowest BCUT2D eigenvalue weighted by molar-refractivity contribution is 0.167. The molecule has 0 spiro atoms. The van der Waals surface area contributed by atoms with Crippen LogP contribution in [0.15, 0.2) is 42.6 Å². The molecule has 2 rings (SSSR count). The Balaban J connectivity index is 2.20. The second kappa shape index (κ2) is 5.01. The van der Waals surface area contributed by atoms with E-state index in [2.05, 4.69) is 4.98 Å². The number of aliphatic hydroxyl groups is 1. The molecule has 0 bridgehead atoms. The fourth-order valence-electron chi connectivity index (χ4n) is 1.61. The molecule has 0 saturated heterocycles. The predicted octanol–water partition coefficient (Wildman–Crippen LogP) is 2.64. The van der Waals surface area contributed by atoms with Crippen LogP contribution in [-0.2, 0) is 6.42 Å². The lowest BCUT2D eigenvalue weighted by Gasteiger charge is -2.11. The topological polar surface area (TPSA) is 33.1 Å². The number of halogens is 2. The summed E-state index contributed by atoms with van der Waals surface area (Å²) in [6, 6.07) is 8.74. The quantitative estimate of drug-likeness (QED) is 0.887. The van der Waals surface area contributed by atoms with Gasteiger partial charge in [0.25, 0.3) is 0 Å². The summed E-state index contributed by atoms with van der Waals surface area (Å²) in [5.41, 5.74) is 0.279. The van der Waals surface area contributed by atoms with E-state index in [9.17, 15) is 13.9 Å². The molecule has 1 aromatic carbocycles. The number of hydrogen-bond acceptors (Lipinski definition) is 2. The van der Waals surface area contributed by atoms with E-state index in [1.54, 1.807) is 18.2 Å². The van der Waals surface area contributed by atoms with E-state index in [1.165, 1.54) is 24.4 Å². The molecule has 0 aliphatic heterocycles. The van der Waals surface area contributed by atoms with E-state index in [-0.39, 0.29) is 12.1 Å². The highest BCUT2D eigenvalue weighted by Gasteiger charge is 2.16. The van der Waals surface area contributed by atoms with E-state index >= 15 is 0 Å². The molecule has 0 aliphatic carbocycles. The minimum absolute atomic E-state index is 0.000602. The molecule has 0 saturated carbocycles. The number of aliphatic hydroxyl groups excluding tert-OH is 1. The molecular weight excluding hydrogens is 224 g/mol. The van der Waals surface area contributed by atoms with Gasteiger partial charge in [0, 0.05) is 12.6 Å². The number of aromatic nitrogens is 1. The van der Waals surface area contributed by atoms with Crippen LogP contribution in [0.25, 0.3) is 0 Å². The summed E-state index contributed by atoms with van der Waals surface area (Å²) in [6.07, 6.45) is 0.247. The van der Waals surface area contributed by atoms with E-state index in [0.29, 0.717) is 5.56 Å². The van der Waals surface area contributed by atoms with Crippen molar-refractivity contribution in [3.8, 4) is 0 Å². The minimum Gasteiger partial charge on any atom is -0.386 e. The van der Waals surface area contributed by atoms with Crippen molar-refractivity contribution in [1.29, 1.82) is 0 Å². The van der Waals surface area contributed by atoms with Gasteiger partial charge in [-0.1, -0.05) is 18.2 Å². The maximum Gasteiger partial charge on any atom is 0.147 e. The van der Waals surface area contributed by atoms with E-state index in [1.807, 2.05) is 0 Å². The zero-order valence-corrected chi connectivity index (χ0v) is 8.98. The highest BCUT2D eigenvalue weighted by atomic mass is 19.1. The Labute approximate surface area is 97.6 Å². The molecule has 88 valence electrons. The Kier molecular flexibility index (Phi) is 3.44. The van der Waals surface area contributed by atoms with Gasteiger partial charge in [-0.05, 0) is 23.8 Å². The smallest absolute Gasteiger partial charge is 0.147 e. The van der Waals surface area contributed by atoms with E-state index < -0.39 is 17.7 Å². The normalized spacial score (nSPS) is 12.4. The average molecular weight is 235 g/mol. The first-order valence-electron chi connectivity index (χ1n) is 5.20. The molecule has 1 heterocycles. The third-order valence-corrected chi connectivity index (χ3v) is 2.47. The maximum atomic E-state index is 13.3. The lowest BCUT2D eigenvalue weighted by atomic mass is 10.0. The van der Waals surface area contributed by atoms with Gasteiger partial charge in [-0.2, -0.15) is 0 Å². The standard InChI is InChI=1S/C13H11F2NO/c14-10-5-2-1-4-9(10)8-12(17)13-11(15)6-3-7-16-13/h1-7,12,17H,8H2. The van der Waals surface area contributed by atoms with Gasteiger partial charge in [-0.3, -0.25) is 4.98 Å². The molecule has 1 atom stereocenters. The van der Waals surface area contributed by atoms with Crippen LogP contribution in [-0.4, -0.2) is 10.1 Å². The highest BCUT2D eigenvalue weighted by Crippen LogP contribution is 2.20. The van der Waals surface area contributed by atoms with Gasteiger partial charge in [0.1, 0.15) is 23.4 Å². The predicted molar refractivity (Wildman–Crippen MR) is 59.3 cm³/mol. The third-order valence-electron chi connectivity index (χ3n) is 2.47. The summed E-state index contributed by atoms with van der Waals surface area (Å²) >= 11 is 0. The van der Waals surface area contributed by atoms with E-state index in [4.69, 9.17) is 0 Å². The number of nitrogens with zero attached hydrogens (tertiary/aromatic N) is 1. The molecule has 1 aromatic heterocycles. The zero-order chi connectivity index (χ0) is 12.3. The Hall–Kier alpha value is -1.81. The van der Waals surface area contributed by atoms with Crippen LogP contribution in [0.5, 0.6) is 0 Å². The first-order chi connectivity index (χ1) is 8.18. The Morgan fingerprint density at radius 2 is 1.76 bits per heavy atom. The van der Waals surface area contributed by atoms with Crippen LogP contribution in [0.4, 0.5) is 8.78 Å². The van der Waals surface area contributed by atoms with Crippen molar-refractivity contribution in [2.24, 2.45) is 0 Å². The number of benzene rings is 1. The second-order valence-electron chi connectivity index (χ2n) is 3.68. The van der Waals surface area contributed by atoms with Crippen LogP contribution in [0.1, 0.15) is 17.4 Å². The van der Waals surface area contributed by atoms with Gasteiger partial charge in [-0.25, -0.2) is 8.78 Å². The Morgan fingerprint density at radius 1 is 1.06 bits per heavy atom. The van der Waals surface area contributed by atoms with Gasteiger partial charge in [0.05, 0.1) is 0 Å². The first kappa shape index (κ1) is 11.7. The van der Waals surface area contributed by atoms with Gasteiger partial charge >= 0.3 is 0 Å². The van der Waals surface area contributed by atoms with Crippen molar-refractivity contribution in [1.82, 2.24) is 4.98 Å². The van der Waals surface area contributed by atoms with Gasteiger partial charge in [0.2, 0.25) is 0 Å². The SMILES string of the molecule is OC(Cc1ccccc1F)c1ncccc1F. The Morgan fingerprint density at radius 3 is 2.47 bits per heavy atom. The molecule has 1 N–H and O–H groups in total. The molecule has 2 aromatic rings. The van der Waals surface area contributed by atoms with Crippen molar-refractivity contribution in [2.75, 3.05) is 0 Å². The third kappa shape index (κ3) is 2.65. The fraction of sp³-hybridized carbons (Fsp3) is 0.154. The van der Waals surface area contributed by atoms with Crippen molar-refractivity contribution >= 4 is 0 Å². The number of hydrogen-bond donors (Lipinski definition) is 1. The molecule has 0 amide bonds. The molecule has 0 aliphatic rings. The van der Waals surface area contributed by atoms with Crippen LogP contribution < -0.4 is 0 Å². The van der Waals surface area contributed by atoms with E-state index in [0.717, 1.165) is 0 Å². The summed E-state index contributed by atoms with van der Waals surface area (Å²) in [6.45, 7) is 0.